The molecule has 3 aliphatic carbocycles. The lowest BCUT2D eigenvalue weighted by Crippen LogP contribution is -2.26. The van der Waals surface area contributed by atoms with Gasteiger partial charge in [-0.25, -0.2) is 4.99 Å². The van der Waals surface area contributed by atoms with E-state index in [0.29, 0.717) is 55.6 Å². The highest BCUT2D eigenvalue weighted by molar-refractivity contribution is 5.31. The summed E-state index contributed by atoms with van der Waals surface area (Å²) < 4.78 is 17.1. The minimum Gasteiger partial charge on any atom is -0.361 e. The third kappa shape index (κ3) is 6.65. The monoisotopic (exact) mass is 406 g/mol. The summed E-state index contributed by atoms with van der Waals surface area (Å²) >= 11 is 0. The fraction of sp³-hybridized carbons (Fsp3) is 0.850. The zero-order chi connectivity index (χ0) is 19.7. The Labute approximate surface area is 172 Å². The second kappa shape index (κ2) is 10.9. The van der Waals surface area contributed by atoms with E-state index in [2.05, 4.69) is 30.6 Å². The number of nitrogens with zero attached hydrogens (tertiary/aromatic N) is 3. The van der Waals surface area contributed by atoms with Crippen LogP contribution in [0.25, 0.3) is 0 Å². The number of nitrogens with one attached hydrogen (secondary N) is 3. The SMILES string of the molecule is C1CC(COCNc2nc(NCOCC3CCC3)[nH]/c(=N\COC3CCC3)n2)C1. The van der Waals surface area contributed by atoms with Gasteiger partial charge in [-0.3, -0.25) is 4.98 Å². The zero-order valence-electron chi connectivity index (χ0n) is 17.2. The first kappa shape index (κ1) is 20.6. The number of anilines is 2. The molecule has 1 heterocycles. The first-order valence-corrected chi connectivity index (χ1v) is 11.1. The van der Waals surface area contributed by atoms with Crippen LogP contribution in [0.5, 0.6) is 0 Å². The molecule has 1 aromatic rings. The van der Waals surface area contributed by atoms with E-state index in [1.54, 1.807) is 0 Å². The van der Waals surface area contributed by atoms with Crippen molar-refractivity contribution in [3.05, 3.63) is 5.62 Å². The number of aromatic nitrogens is 3. The number of hydrogen-bond donors (Lipinski definition) is 3. The van der Waals surface area contributed by atoms with E-state index in [1.165, 1.54) is 44.9 Å². The Kier molecular flexibility index (Phi) is 7.72. The van der Waals surface area contributed by atoms with Gasteiger partial charge in [0.25, 0.3) is 0 Å². The summed E-state index contributed by atoms with van der Waals surface area (Å²) in [5.41, 5.74) is 0.474. The van der Waals surface area contributed by atoms with Crippen LogP contribution in [0.1, 0.15) is 57.8 Å². The van der Waals surface area contributed by atoms with E-state index in [-0.39, 0.29) is 0 Å². The molecule has 0 spiro atoms. The van der Waals surface area contributed by atoms with E-state index in [4.69, 9.17) is 14.2 Å². The van der Waals surface area contributed by atoms with Gasteiger partial charge in [0.05, 0.1) is 19.3 Å². The maximum atomic E-state index is 5.71. The fourth-order valence-corrected chi connectivity index (χ4v) is 3.38. The molecule has 9 heteroatoms. The predicted molar refractivity (Wildman–Crippen MR) is 109 cm³/mol. The lowest BCUT2D eigenvalue weighted by Gasteiger charge is -2.25. The van der Waals surface area contributed by atoms with Crippen molar-refractivity contribution in [2.45, 2.75) is 63.9 Å². The van der Waals surface area contributed by atoms with Crippen molar-refractivity contribution >= 4 is 11.9 Å². The summed E-state index contributed by atoms with van der Waals surface area (Å²) in [6.45, 7) is 2.67. The average molecular weight is 407 g/mol. The molecular formula is C20H34N6O3. The zero-order valence-corrected chi connectivity index (χ0v) is 17.2. The van der Waals surface area contributed by atoms with Crippen LogP contribution < -0.4 is 16.3 Å². The van der Waals surface area contributed by atoms with Gasteiger partial charge in [-0.1, -0.05) is 12.8 Å². The Bertz CT molecular complexity index is 642. The average Bonchev–Trinajstić information content (AvgIpc) is 2.60. The van der Waals surface area contributed by atoms with E-state index in [9.17, 15) is 0 Å². The Morgan fingerprint density at radius 1 is 0.862 bits per heavy atom. The van der Waals surface area contributed by atoms with Crippen molar-refractivity contribution in [1.82, 2.24) is 15.0 Å². The van der Waals surface area contributed by atoms with Gasteiger partial charge in [-0.05, 0) is 56.8 Å². The van der Waals surface area contributed by atoms with Crippen molar-refractivity contribution in [2.75, 3.05) is 44.0 Å². The molecule has 9 nitrogen and oxygen atoms in total. The Morgan fingerprint density at radius 2 is 1.52 bits per heavy atom. The number of aromatic amines is 1. The van der Waals surface area contributed by atoms with Gasteiger partial charge in [0, 0.05) is 0 Å². The summed E-state index contributed by atoms with van der Waals surface area (Å²) in [5, 5.41) is 6.30. The molecule has 0 aromatic carbocycles. The van der Waals surface area contributed by atoms with Crippen LogP contribution in [0.4, 0.5) is 11.9 Å². The number of hydrogen-bond acceptors (Lipinski definition) is 8. The van der Waals surface area contributed by atoms with Crippen LogP contribution in [-0.2, 0) is 14.2 Å². The second-order valence-corrected chi connectivity index (χ2v) is 8.33. The van der Waals surface area contributed by atoms with Crippen LogP contribution in [-0.4, -0.2) is 54.5 Å². The third-order valence-electron chi connectivity index (χ3n) is 6.07. The molecule has 0 aliphatic heterocycles. The summed E-state index contributed by atoms with van der Waals surface area (Å²) in [4.78, 5) is 16.4. The highest BCUT2D eigenvalue weighted by Gasteiger charge is 2.18. The molecule has 0 atom stereocenters. The van der Waals surface area contributed by atoms with Crippen LogP contribution in [0.3, 0.4) is 0 Å². The Morgan fingerprint density at radius 3 is 2.10 bits per heavy atom. The van der Waals surface area contributed by atoms with Gasteiger partial charge >= 0.3 is 0 Å². The molecule has 1 aromatic heterocycles. The van der Waals surface area contributed by atoms with Gasteiger partial charge in [-0.15, -0.1) is 0 Å². The molecule has 0 saturated heterocycles. The standard InChI is InChI=1S/C20H34N6O3/c1-4-15(5-1)10-27-12-21-18-24-19(22-13-28-11-16-6-2-7-16)26-20(25-18)23-14-29-17-8-3-9-17/h15-17H,1-14H2,(H3,21,22,23,24,25,26). The predicted octanol–water partition coefficient (Wildman–Crippen LogP) is 2.60. The molecule has 0 bridgehead atoms. The summed E-state index contributed by atoms with van der Waals surface area (Å²) in [6.07, 6.45) is 11.6. The van der Waals surface area contributed by atoms with Gasteiger partial charge < -0.3 is 24.8 Å². The molecule has 162 valence electrons. The lowest BCUT2D eigenvalue weighted by molar-refractivity contribution is 0.00534. The van der Waals surface area contributed by atoms with E-state index in [0.717, 1.165) is 26.1 Å². The van der Waals surface area contributed by atoms with Crippen LogP contribution in [0.2, 0.25) is 0 Å². The van der Waals surface area contributed by atoms with Crippen LogP contribution >= 0.6 is 0 Å². The topological polar surface area (TPSA) is 106 Å². The third-order valence-corrected chi connectivity index (χ3v) is 6.07. The molecule has 4 rings (SSSR count). The number of H-pyrrole nitrogens is 1. The lowest BCUT2D eigenvalue weighted by atomic mass is 9.86. The quantitative estimate of drug-likeness (QED) is 0.341. The van der Waals surface area contributed by atoms with Gasteiger partial charge in [0.2, 0.25) is 17.5 Å². The van der Waals surface area contributed by atoms with Crippen LogP contribution in [0, 0.1) is 11.8 Å². The van der Waals surface area contributed by atoms with Gasteiger partial charge in [0.1, 0.15) is 20.2 Å². The van der Waals surface area contributed by atoms with Crippen LogP contribution in [0.15, 0.2) is 4.99 Å². The molecule has 29 heavy (non-hydrogen) atoms. The maximum absolute atomic E-state index is 5.71. The summed E-state index contributed by atoms with van der Waals surface area (Å²) in [7, 11) is 0. The fourth-order valence-electron chi connectivity index (χ4n) is 3.38. The molecule has 0 radical (unpaired) electrons. The minimum absolute atomic E-state index is 0.299. The number of ether oxygens (including phenoxy) is 3. The van der Waals surface area contributed by atoms with E-state index in [1.807, 2.05) is 0 Å². The molecular weight excluding hydrogens is 372 g/mol. The highest BCUT2D eigenvalue weighted by atomic mass is 16.5. The van der Waals surface area contributed by atoms with E-state index < -0.39 is 0 Å². The second-order valence-electron chi connectivity index (χ2n) is 8.33. The largest absolute Gasteiger partial charge is 0.361 e. The first-order chi connectivity index (χ1) is 14.3. The van der Waals surface area contributed by atoms with Crippen molar-refractivity contribution in [3.8, 4) is 0 Å². The van der Waals surface area contributed by atoms with E-state index >= 15 is 0 Å². The summed E-state index contributed by atoms with van der Waals surface area (Å²) in [5.74, 6) is 2.46. The molecule has 3 N–H and O–H groups in total. The van der Waals surface area contributed by atoms with Gasteiger partial charge in [0.15, 0.2) is 0 Å². The Hall–Kier alpha value is -1.71. The molecule has 0 amide bonds. The maximum Gasteiger partial charge on any atom is 0.231 e. The molecule has 3 fully saturated rings. The molecule has 3 saturated carbocycles. The van der Waals surface area contributed by atoms with Crippen molar-refractivity contribution in [2.24, 2.45) is 16.8 Å². The van der Waals surface area contributed by atoms with Gasteiger partial charge in [-0.2, -0.15) is 9.97 Å². The Balaban J connectivity index is 1.28. The minimum atomic E-state index is 0.299. The highest BCUT2D eigenvalue weighted by Crippen LogP contribution is 2.26. The van der Waals surface area contributed by atoms with Crippen molar-refractivity contribution in [3.63, 3.8) is 0 Å². The smallest absolute Gasteiger partial charge is 0.231 e. The van der Waals surface area contributed by atoms with Crippen molar-refractivity contribution < 1.29 is 14.2 Å². The van der Waals surface area contributed by atoms with Crippen molar-refractivity contribution in [1.29, 1.82) is 0 Å². The summed E-state index contributed by atoms with van der Waals surface area (Å²) in [6, 6.07) is 0. The molecule has 0 unspecified atom stereocenters. The molecule has 3 aliphatic rings. The number of rotatable bonds is 13. The first-order valence-electron chi connectivity index (χ1n) is 11.1. The normalized spacial score (nSPS) is 20.8.